The lowest BCUT2D eigenvalue weighted by molar-refractivity contribution is -0.139. The van der Waals surface area contributed by atoms with Crippen molar-refractivity contribution in [2.24, 2.45) is 0 Å². The lowest BCUT2D eigenvalue weighted by Crippen LogP contribution is -1.97. The molecule has 15 heavy (non-hydrogen) atoms. The van der Waals surface area contributed by atoms with Crippen molar-refractivity contribution in [1.82, 2.24) is 0 Å². The molecule has 1 rings (SSSR count). The summed E-state index contributed by atoms with van der Waals surface area (Å²) in [6.45, 7) is 5.86. The van der Waals surface area contributed by atoms with Crippen LogP contribution in [0.4, 0.5) is 0 Å². The number of carbonyl (C=O) groups is 1. The van der Waals surface area contributed by atoms with Crippen LogP contribution in [0.25, 0.3) is 6.08 Å². The zero-order valence-electron chi connectivity index (χ0n) is 9.41. The molecule has 2 nitrogen and oxygen atoms in total. The van der Waals surface area contributed by atoms with Crippen molar-refractivity contribution in [2.75, 3.05) is 6.61 Å². The van der Waals surface area contributed by atoms with Gasteiger partial charge in [0.05, 0.1) is 0 Å². The van der Waals surface area contributed by atoms with E-state index in [1.54, 1.807) is 0 Å². The Morgan fingerprint density at radius 2 is 2.13 bits per heavy atom. The van der Waals surface area contributed by atoms with Crippen LogP contribution in [0.3, 0.4) is 0 Å². The zero-order valence-corrected chi connectivity index (χ0v) is 9.41. The standard InChI is InChI=1S/C13H16O2/c1-10-6-7-11(2)13(9-10)5-4-8-15-12(3)14/h4-7,9H,8H2,1-3H3/b5-4+. The van der Waals surface area contributed by atoms with Gasteiger partial charge < -0.3 is 4.74 Å². The summed E-state index contributed by atoms with van der Waals surface area (Å²) in [5, 5.41) is 0. The minimum Gasteiger partial charge on any atom is -0.462 e. The second kappa shape index (κ2) is 5.35. The Labute approximate surface area is 90.6 Å². The first-order chi connectivity index (χ1) is 7.09. The molecule has 0 saturated heterocycles. The maximum atomic E-state index is 10.5. The number of hydrogen-bond donors (Lipinski definition) is 0. The van der Waals surface area contributed by atoms with Gasteiger partial charge in [-0.15, -0.1) is 0 Å². The van der Waals surface area contributed by atoms with E-state index in [9.17, 15) is 4.79 Å². The Morgan fingerprint density at radius 1 is 1.40 bits per heavy atom. The molecule has 0 N–H and O–H groups in total. The normalized spacial score (nSPS) is 10.6. The Hall–Kier alpha value is -1.57. The van der Waals surface area contributed by atoms with Crippen molar-refractivity contribution in [3.63, 3.8) is 0 Å². The van der Waals surface area contributed by atoms with Crippen molar-refractivity contribution in [2.45, 2.75) is 20.8 Å². The van der Waals surface area contributed by atoms with Crippen molar-refractivity contribution in [3.8, 4) is 0 Å². The monoisotopic (exact) mass is 204 g/mol. The van der Waals surface area contributed by atoms with Gasteiger partial charge in [0.1, 0.15) is 6.61 Å². The first-order valence-corrected chi connectivity index (χ1v) is 4.97. The van der Waals surface area contributed by atoms with Gasteiger partial charge in [-0.2, -0.15) is 0 Å². The fourth-order valence-electron chi connectivity index (χ4n) is 1.28. The van der Waals surface area contributed by atoms with Crippen LogP contribution in [0.15, 0.2) is 24.3 Å². The molecule has 0 radical (unpaired) electrons. The van der Waals surface area contributed by atoms with Gasteiger partial charge in [-0.05, 0) is 31.1 Å². The molecule has 2 heteroatoms. The minimum atomic E-state index is -0.249. The van der Waals surface area contributed by atoms with Gasteiger partial charge in [-0.25, -0.2) is 0 Å². The van der Waals surface area contributed by atoms with Gasteiger partial charge >= 0.3 is 5.97 Å². The number of esters is 1. The van der Waals surface area contributed by atoms with Crippen LogP contribution < -0.4 is 0 Å². The number of carbonyl (C=O) groups excluding carboxylic acids is 1. The quantitative estimate of drug-likeness (QED) is 0.708. The molecule has 0 spiro atoms. The van der Waals surface area contributed by atoms with Crippen LogP contribution in [0.2, 0.25) is 0 Å². The van der Waals surface area contributed by atoms with Gasteiger partial charge in [0, 0.05) is 6.92 Å². The number of rotatable bonds is 3. The zero-order chi connectivity index (χ0) is 11.3. The van der Waals surface area contributed by atoms with Crippen LogP contribution in [0.1, 0.15) is 23.6 Å². The fourth-order valence-corrected chi connectivity index (χ4v) is 1.28. The molecule has 0 aromatic heterocycles. The lowest BCUT2D eigenvalue weighted by Gasteiger charge is -2.01. The Kier molecular flexibility index (Phi) is 4.10. The predicted molar refractivity (Wildman–Crippen MR) is 61.6 cm³/mol. The van der Waals surface area contributed by atoms with Gasteiger partial charge in [-0.3, -0.25) is 4.79 Å². The van der Waals surface area contributed by atoms with E-state index >= 15 is 0 Å². The van der Waals surface area contributed by atoms with Crippen LogP contribution >= 0.6 is 0 Å². The summed E-state index contributed by atoms with van der Waals surface area (Å²) in [6.07, 6.45) is 3.83. The third-order valence-corrected chi connectivity index (χ3v) is 2.11. The molecular weight excluding hydrogens is 188 g/mol. The van der Waals surface area contributed by atoms with Crippen molar-refractivity contribution >= 4 is 12.0 Å². The molecule has 0 heterocycles. The molecule has 0 amide bonds. The van der Waals surface area contributed by atoms with E-state index in [0.29, 0.717) is 6.61 Å². The Bertz CT molecular complexity index is 378. The highest BCUT2D eigenvalue weighted by atomic mass is 16.5. The van der Waals surface area contributed by atoms with Crippen LogP contribution in [0, 0.1) is 13.8 Å². The number of hydrogen-bond acceptors (Lipinski definition) is 2. The Morgan fingerprint density at radius 3 is 2.80 bits per heavy atom. The summed E-state index contributed by atoms with van der Waals surface area (Å²) < 4.78 is 4.81. The average Bonchev–Trinajstić information content (AvgIpc) is 2.17. The third kappa shape index (κ3) is 3.98. The molecule has 0 aliphatic rings. The molecule has 0 saturated carbocycles. The van der Waals surface area contributed by atoms with Gasteiger partial charge in [-0.1, -0.05) is 29.8 Å². The largest absolute Gasteiger partial charge is 0.462 e. The lowest BCUT2D eigenvalue weighted by atomic mass is 10.1. The first-order valence-electron chi connectivity index (χ1n) is 4.97. The van der Waals surface area contributed by atoms with Crippen LogP contribution in [-0.4, -0.2) is 12.6 Å². The molecule has 0 unspecified atom stereocenters. The molecule has 0 atom stereocenters. The van der Waals surface area contributed by atoms with Crippen molar-refractivity contribution in [3.05, 3.63) is 41.0 Å². The summed E-state index contributed by atoms with van der Waals surface area (Å²) >= 11 is 0. The average molecular weight is 204 g/mol. The topological polar surface area (TPSA) is 26.3 Å². The van der Waals surface area contributed by atoms with E-state index in [1.807, 2.05) is 12.2 Å². The van der Waals surface area contributed by atoms with E-state index in [2.05, 4.69) is 32.0 Å². The third-order valence-electron chi connectivity index (χ3n) is 2.11. The van der Waals surface area contributed by atoms with Crippen molar-refractivity contribution in [1.29, 1.82) is 0 Å². The molecule has 0 aliphatic carbocycles. The van der Waals surface area contributed by atoms with E-state index in [1.165, 1.54) is 23.6 Å². The minimum absolute atomic E-state index is 0.249. The molecule has 1 aromatic carbocycles. The SMILES string of the molecule is CC(=O)OC/C=C/c1cc(C)ccc1C. The highest BCUT2D eigenvalue weighted by Crippen LogP contribution is 2.12. The predicted octanol–water partition coefficient (Wildman–Crippen LogP) is 2.88. The second-order valence-electron chi connectivity index (χ2n) is 3.56. The number of benzene rings is 1. The Balaban J connectivity index is 2.63. The molecule has 0 bridgehead atoms. The molecule has 80 valence electrons. The number of ether oxygens (including phenoxy) is 1. The molecule has 0 aliphatic heterocycles. The van der Waals surface area contributed by atoms with E-state index in [-0.39, 0.29) is 5.97 Å². The summed E-state index contributed by atoms with van der Waals surface area (Å²) in [5.41, 5.74) is 3.62. The first kappa shape index (κ1) is 11.5. The van der Waals surface area contributed by atoms with Gasteiger partial charge in [0.2, 0.25) is 0 Å². The maximum absolute atomic E-state index is 10.5. The summed E-state index contributed by atoms with van der Waals surface area (Å²) in [5.74, 6) is -0.249. The molecule has 1 aromatic rings. The smallest absolute Gasteiger partial charge is 0.302 e. The van der Waals surface area contributed by atoms with E-state index < -0.39 is 0 Å². The van der Waals surface area contributed by atoms with Gasteiger partial charge in [0.25, 0.3) is 0 Å². The summed E-state index contributed by atoms with van der Waals surface area (Å²) in [4.78, 5) is 10.5. The highest BCUT2D eigenvalue weighted by Gasteiger charge is 1.94. The van der Waals surface area contributed by atoms with Gasteiger partial charge in [0.15, 0.2) is 0 Å². The maximum Gasteiger partial charge on any atom is 0.302 e. The molecule has 0 fully saturated rings. The highest BCUT2D eigenvalue weighted by molar-refractivity contribution is 5.66. The number of aryl methyl sites for hydroxylation is 2. The fraction of sp³-hybridized carbons (Fsp3) is 0.308. The van der Waals surface area contributed by atoms with E-state index in [0.717, 1.165) is 0 Å². The van der Waals surface area contributed by atoms with Crippen LogP contribution in [0.5, 0.6) is 0 Å². The summed E-state index contributed by atoms with van der Waals surface area (Å²) in [7, 11) is 0. The molecular formula is C13H16O2. The summed E-state index contributed by atoms with van der Waals surface area (Å²) in [6, 6.07) is 6.28. The van der Waals surface area contributed by atoms with E-state index in [4.69, 9.17) is 4.74 Å². The second-order valence-corrected chi connectivity index (χ2v) is 3.56. The van der Waals surface area contributed by atoms with Crippen LogP contribution in [-0.2, 0) is 9.53 Å². The van der Waals surface area contributed by atoms with Crippen molar-refractivity contribution < 1.29 is 9.53 Å².